The standard InChI is InChI=1S/C72H139NO5/c1-3-5-7-9-11-13-15-17-19-37-40-44-48-52-56-60-64-70(75)69(68-74)73-71(76)65-61-57-53-49-45-41-38-35-33-31-29-27-25-23-21-20-22-24-26-28-30-32-34-36-39-43-47-51-55-59-63-67-78-72(77)66-62-58-54-50-46-42-18-16-14-12-10-8-6-4-2/h16,18,22,24,69-70,74-75H,3-15,17,19-21,23,25-68H2,1-2H3,(H,73,76)/b18-16-,24-22-. The normalized spacial score (nSPS) is 12.6. The van der Waals surface area contributed by atoms with Crippen molar-refractivity contribution >= 4 is 11.9 Å². The van der Waals surface area contributed by atoms with Gasteiger partial charge in [0.1, 0.15) is 0 Å². The molecule has 0 rings (SSSR count). The van der Waals surface area contributed by atoms with Gasteiger partial charge in [-0.1, -0.05) is 334 Å². The summed E-state index contributed by atoms with van der Waals surface area (Å²) in [5.41, 5.74) is 0. The fraction of sp³-hybridized carbons (Fsp3) is 0.917. The number of ether oxygens (including phenoxy) is 1. The Balaban J connectivity index is 3.35. The Labute approximate surface area is 488 Å². The highest BCUT2D eigenvalue weighted by atomic mass is 16.5. The molecule has 0 radical (unpaired) electrons. The maximum Gasteiger partial charge on any atom is 0.305 e. The maximum atomic E-state index is 12.5. The van der Waals surface area contributed by atoms with E-state index >= 15 is 0 Å². The Kier molecular flexibility index (Phi) is 66.4. The molecule has 0 heterocycles. The minimum absolute atomic E-state index is 0.00972. The van der Waals surface area contributed by atoms with Crippen LogP contribution in [0.5, 0.6) is 0 Å². The van der Waals surface area contributed by atoms with Gasteiger partial charge >= 0.3 is 5.97 Å². The monoisotopic (exact) mass is 1100 g/mol. The largest absolute Gasteiger partial charge is 0.466 e. The zero-order chi connectivity index (χ0) is 56.4. The molecule has 2 unspecified atom stereocenters. The molecule has 3 N–H and O–H groups in total. The van der Waals surface area contributed by atoms with Gasteiger partial charge < -0.3 is 20.3 Å². The number of hydrogen-bond acceptors (Lipinski definition) is 5. The number of aliphatic hydroxyl groups is 2. The molecule has 0 aliphatic heterocycles. The van der Waals surface area contributed by atoms with Crippen LogP contribution in [0.2, 0.25) is 0 Å². The Morgan fingerprint density at radius 3 is 0.910 bits per heavy atom. The van der Waals surface area contributed by atoms with Crippen LogP contribution in [0.15, 0.2) is 24.3 Å². The van der Waals surface area contributed by atoms with Gasteiger partial charge in [-0.3, -0.25) is 9.59 Å². The summed E-state index contributed by atoms with van der Waals surface area (Å²) in [5, 5.41) is 23.4. The van der Waals surface area contributed by atoms with E-state index in [-0.39, 0.29) is 18.5 Å². The van der Waals surface area contributed by atoms with Crippen LogP contribution >= 0.6 is 0 Å². The third-order valence-corrected chi connectivity index (χ3v) is 16.7. The van der Waals surface area contributed by atoms with Crippen LogP contribution in [-0.2, 0) is 14.3 Å². The first-order chi connectivity index (χ1) is 38.5. The predicted octanol–water partition coefficient (Wildman–Crippen LogP) is 22.9. The SMILES string of the molecule is CCCCCCC/C=C\CCCCCCCC(=O)OCCCCCCCCCCCCCC/C=C\CCCCCCCCCCCCCCCCCC(=O)NC(CO)C(O)CCCCCCCCCCCCCCCCCC. The second-order valence-electron chi connectivity index (χ2n) is 24.6. The Morgan fingerprint density at radius 1 is 0.346 bits per heavy atom. The van der Waals surface area contributed by atoms with Crippen molar-refractivity contribution in [3.8, 4) is 0 Å². The molecular weight excluding hydrogens is 959 g/mol. The van der Waals surface area contributed by atoms with E-state index in [9.17, 15) is 19.8 Å². The van der Waals surface area contributed by atoms with E-state index in [1.807, 2.05) is 0 Å². The lowest BCUT2D eigenvalue weighted by molar-refractivity contribution is -0.143. The van der Waals surface area contributed by atoms with E-state index in [1.54, 1.807) is 0 Å². The van der Waals surface area contributed by atoms with Crippen molar-refractivity contribution in [3.63, 3.8) is 0 Å². The van der Waals surface area contributed by atoms with Gasteiger partial charge in [-0.2, -0.15) is 0 Å². The van der Waals surface area contributed by atoms with Crippen LogP contribution in [0.1, 0.15) is 399 Å². The van der Waals surface area contributed by atoms with E-state index in [2.05, 4.69) is 43.5 Å². The topological polar surface area (TPSA) is 95.9 Å². The van der Waals surface area contributed by atoms with Crippen LogP contribution in [0.25, 0.3) is 0 Å². The van der Waals surface area contributed by atoms with Gasteiger partial charge in [-0.25, -0.2) is 0 Å². The number of unbranched alkanes of at least 4 members (excludes halogenated alkanes) is 52. The number of hydrogen-bond donors (Lipinski definition) is 3. The number of aliphatic hydroxyl groups excluding tert-OH is 2. The molecule has 0 aromatic heterocycles. The molecule has 0 bridgehead atoms. The highest BCUT2D eigenvalue weighted by Gasteiger charge is 2.20. The molecule has 0 spiro atoms. The number of amides is 1. The number of rotatable bonds is 67. The minimum Gasteiger partial charge on any atom is -0.466 e. The maximum absolute atomic E-state index is 12.5. The average Bonchev–Trinajstić information content (AvgIpc) is 3.44. The summed E-state index contributed by atoms with van der Waals surface area (Å²) in [6.07, 6.45) is 85.2. The van der Waals surface area contributed by atoms with Crippen LogP contribution < -0.4 is 5.32 Å². The zero-order valence-electron chi connectivity index (χ0n) is 52.9. The van der Waals surface area contributed by atoms with Crippen molar-refractivity contribution in [2.24, 2.45) is 0 Å². The highest BCUT2D eigenvalue weighted by molar-refractivity contribution is 5.76. The molecule has 0 aliphatic carbocycles. The molecule has 2 atom stereocenters. The van der Waals surface area contributed by atoms with Crippen LogP contribution in [0, 0.1) is 0 Å². The molecule has 6 nitrogen and oxygen atoms in total. The fourth-order valence-corrected chi connectivity index (χ4v) is 11.3. The lowest BCUT2D eigenvalue weighted by Crippen LogP contribution is -2.45. The summed E-state index contributed by atoms with van der Waals surface area (Å²) < 4.78 is 5.49. The van der Waals surface area contributed by atoms with Crippen molar-refractivity contribution in [2.75, 3.05) is 13.2 Å². The number of carbonyl (C=O) groups is 2. The Morgan fingerprint density at radius 2 is 0.603 bits per heavy atom. The van der Waals surface area contributed by atoms with E-state index in [0.29, 0.717) is 25.9 Å². The average molecular weight is 1100 g/mol. The molecule has 78 heavy (non-hydrogen) atoms. The van der Waals surface area contributed by atoms with Gasteiger partial charge in [0, 0.05) is 12.8 Å². The highest BCUT2D eigenvalue weighted by Crippen LogP contribution is 2.19. The van der Waals surface area contributed by atoms with Crippen molar-refractivity contribution in [1.29, 1.82) is 0 Å². The van der Waals surface area contributed by atoms with Gasteiger partial charge in [0.05, 0.1) is 25.4 Å². The summed E-state index contributed by atoms with van der Waals surface area (Å²) in [7, 11) is 0. The van der Waals surface area contributed by atoms with Gasteiger partial charge in [0.25, 0.3) is 0 Å². The molecule has 462 valence electrons. The third kappa shape index (κ3) is 63.5. The summed E-state index contributed by atoms with van der Waals surface area (Å²) in [6, 6.07) is -0.540. The first-order valence-corrected chi connectivity index (χ1v) is 35.6. The van der Waals surface area contributed by atoms with Crippen molar-refractivity contribution in [3.05, 3.63) is 24.3 Å². The third-order valence-electron chi connectivity index (χ3n) is 16.7. The van der Waals surface area contributed by atoms with E-state index in [4.69, 9.17) is 4.74 Å². The quantitative estimate of drug-likeness (QED) is 0.0320. The predicted molar refractivity (Wildman–Crippen MR) is 343 cm³/mol. The molecule has 0 aromatic rings. The Hall–Kier alpha value is -1.66. The Bertz CT molecular complexity index is 1220. The molecule has 0 aliphatic rings. The summed E-state index contributed by atoms with van der Waals surface area (Å²) in [5.74, 6) is -0.0199. The van der Waals surface area contributed by atoms with Gasteiger partial charge in [-0.05, 0) is 77.0 Å². The number of allylic oxidation sites excluding steroid dienone is 4. The molecular formula is C72H139NO5. The lowest BCUT2D eigenvalue weighted by Gasteiger charge is -2.22. The van der Waals surface area contributed by atoms with Crippen molar-refractivity contribution in [1.82, 2.24) is 5.32 Å². The van der Waals surface area contributed by atoms with Gasteiger partial charge in [-0.15, -0.1) is 0 Å². The van der Waals surface area contributed by atoms with Crippen molar-refractivity contribution in [2.45, 2.75) is 411 Å². The molecule has 0 aromatic carbocycles. The molecule has 0 saturated heterocycles. The number of esters is 1. The summed E-state index contributed by atoms with van der Waals surface area (Å²) in [6.45, 7) is 4.98. The molecule has 0 fully saturated rings. The molecule has 6 heteroatoms. The van der Waals surface area contributed by atoms with Gasteiger partial charge in [0.2, 0.25) is 5.91 Å². The van der Waals surface area contributed by atoms with Crippen molar-refractivity contribution < 1.29 is 24.5 Å². The van der Waals surface area contributed by atoms with E-state index in [0.717, 1.165) is 44.9 Å². The second kappa shape index (κ2) is 67.8. The second-order valence-corrected chi connectivity index (χ2v) is 24.6. The lowest BCUT2D eigenvalue weighted by atomic mass is 10.0. The smallest absolute Gasteiger partial charge is 0.305 e. The first-order valence-electron chi connectivity index (χ1n) is 35.6. The van der Waals surface area contributed by atoms with E-state index < -0.39 is 12.1 Å². The minimum atomic E-state index is -0.662. The first kappa shape index (κ1) is 76.3. The summed E-state index contributed by atoms with van der Waals surface area (Å²) >= 11 is 0. The number of nitrogens with one attached hydrogen (secondary N) is 1. The van der Waals surface area contributed by atoms with Gasteiger partial charge in [0.15, 0.2) is 0 Å². The summed E-state index contributed by atoms with van der Waals surface area (Å²) in [4.78, 5) is 24.6. The van der Waals surface area contributed by atoms with Crippen LogP contribution in [0.4, 0.5) is 0 Å². The number of carbonyl (C=O) groups excluding carboxylic acids is 2. The molecule has 0 saturated carbocycles. The van der Waals surface area contributed by atoms with Crippen LogP contribution in [0.3, 0.4) is 0 Å². The van der Waals surface area contributed by atoms with E-state index in [1.165, 1.54) is 321 Å². The zero-order valence-corrected chi connectivity index (χ0v) is 52.9. The molecule has 1 amide bonds. The van der Waals surface area contributed by atoms with Crippen LogP contribution in [-0.4, -0.2) is 47.4 Å². The fourth-order valence-electron chi connectivity index (χ4n) is 11.3.